The number of oxime groups is 1. The Bertz CT molecular complexity index is 776. The van der Waals surface area contributed by atoms with Gasteiger partial charge in [0.05, 0.1) is 16.7 Å². The van der Waals surface area contributed by atoms with Gasteiger partial charge in [-0.1, -0.05) is 11.2 Å². The molecule has 0 aliphatic carbocycles. The lowest BCUT2D eigenvalue weighted by molar-refractivity contribution is -0.385. The molecule has 0 aromatic heterocycles. The van der Waals surface area contributed by atoms with Gasteiger partial charge in [-0.2, -0.15) is 13.2 Å². The van der Waals surface area contributed by atoms with Crippen LogP contribution in [-0.4, -0.2) is 18.2 Å². The molecule has 0 radical (unpaired) electrons. The lowest BCUT2D eigenvalue weighted by atomic mass is 10.2. The third-order valence-corrected chi connectivity index (χ3v) is 2.88. The summed E-state index contributed by atoms with van der Waals surface area (Å²) in [6.45, 7) is 0. The van der Waals surface area contributed by atoms with E-state index >= 15 is 0 Å². The summed E-state index contributed by atoms with van der Waals surface area (Å²) in [6.07, 6.45) is -3.28. The van der Waals surface area contributed by atoms with Crippen molar-refractivity contribution in [2.45, 2.75) is 6.18 Å². The van der Waals surface area contributed by atoms with E-state index in [1.54, 1.807) is 0 Å². The Morgan fingerprint density at radius 3 is 2.58 bits per heavy atom. The quantitative estimate of drug-likeness (QED) is 0.460. The second kappa shape index (κ2) is 6.99. The van der Waals surface area contributed by atoms with Crippen LogP contribution in [0.5, 0.6) is 11.5 Å². The van der Waals surface area contributed by atoms with Gasteiger partial charge in [-0.25, -0.2) is 0 Å². The molecule has 0 bridgehead atoms. The smallest absolute Gasteiger partial charge is 0.416 e. The number of hydrogen-bond donors (Lipinski definition) is 0. The maximum Gasteiger partial charge on any atom is 0.416 e. The second-order valence-corrected chi connectivity index (χ2v) is 4.53. The van der Waals surface area contributed by atoms with Gasteiger partial charge in [0.25, 0.3) is 0 Å². The Labute approximate surface area is 134 Å². The van der Waals surface area contributed by atoms with E-state index in [0.29, 0.717) is 5.56 Å². The van der Waals surface area contributed by atoms with Crippen molar-refractivity contribution in [1.82, 2.24) is 0 Å². The number of rotatable bonds is 5. The number of ether oxygens (including phenoxy) is 1. The van der Waals surface area contributed by atoms with Crippen molar-refractivity contribution < 1.29 is 27.7 Å². The topological polar surface area (TPSA) is 74.0 Å². The molecule has 0 amide bonds. The van der Waals surface area contributed by atoms with Gasteiger partial charge < -0.3 is 9.57 Å². The zero-order valence-electron chi connectivity index (χ0n) is 12.3. The highest BCUT2D eigenvalue weighted by molar-refractivity contribution is 5.81. The normalized spacial score (nSPS) is 11.5. The van der Waals surface area contributed by atoms with Gasteiger partial charge in [-0.15, -0.1) is 0 Å². The summed E-state index contributed by atoms with van der Waals surface area (Å²) in [5.41, 5.74) is -0.945. The fourth-order valence-corrected chi connectivity index (χ4v) is 1.82. The van der Waals surface area contributed by atoms with E-state index in [2.05, 4.69) is 9.99 Å². The summed E-state index contributed by atoms with van der Waals surface area (Å²) in [5.74, 6) is -0.347. The first-order valence-corrected chi connectivity index (χ1v) is 6.51. The standard InChI is InChI=1S/C15H11F3N2O4/c1-23-19-9-10-5-6-14(13(7-10)20(21)22)24-12-4-2-3-11(8-12)15(16,17)18/h2-9H,1H3/b19-9-. The average Bonchev–Trinajstić information content (AvgIpc) is 2.53. The van der Waals surface area contributed by atoms with E-state index in [1.807, 2.05) is 0 Å². The summed E-state index contributed by atoms with van der Waals surface area (Å²) in [4.78, 5) is 14.9. The largest absolute Gasteiger partial charge is 0.450 e. The first-order valence-electron chi connectivity index (χ1n) is 6.51. The van der Waals surface area contributed by atoms with Crippen LogP contribution >= 0.6 is 0 Å². The van der Waals surface area contributed by atoms with Crippen molar-refractivity contribution in [3.63, 3.8) is 0 Å². The first kappa shape index (κ1) is 17.3. The highest BCUT2D eigenvalue weighted by atomic mass is 19.4. The van der Waals surface area contributed by atoms with Crippen molar-refractivity contribution in [2.24, 2.45) is 5.16 Å². The second-order valence-electron chi connectivity index (χ2n) is 4.53. The Hall–Kier alpha value is -3.10. The summed E-state index contributed by atoms with van der Waals surface area (Å²) < 4.78 is 43.3. The Morgan fingerprint density at radius 2 is 1.96 bits per heavy atom. The highest BCUT2D eigenvalue weighted by Crippen LogP contribution is 2.35. The molecule has 2 rings (SSSR count). The van der Waals surface area contributed by atoms with Crippen LogP contribution in [0.1, 0.15) is 11.1 Å². The molecule has 2 aromatic carbocycles. The molecular weight excluding hydrogens is 329 g/mol. The van der Waals surface area contributed by atoms with Crippen LogP contribution in [0, 0.1) is 10.1 Å². The van der Waals surface area contributed by atoms with E-state index in [4.69, 9.17) is 4.74 Å². The van der Waals surface area contributed by atoms with Crippen molar-refractivity contribution in [2.75, 3.05) is 7.11 Å². The minimum atomic E-state index is -4.54. The number of nitro groups is 1. The maximum absolute atomic E-state index is 12.7. The van der Waals surface area contributed by atoms with E-state index in [-0.39, 0.29) is 11.5 Å². The molecule has 0 heterocycles. The SMILES string of the molecule is CO/N=C\c1ccc(Oc2cccc(C(F)(F)F)c2)c([N+](=O)[O-])c1. The molecule has 0 fully saturated rings. The molecule has 0 saturated heterocycles. The van der Waals surface area contributed by atoms with Gasteiger partial charge in [0.1, 0.15) is 12.9 Å². The molecule has 2 aromatic rings. The van der Waals surface area contributed by atoms with Gasteiger partial charge in [0.15, 0.2) is 0 Å². The predicted octanol–water partition coefficient (Wildman–Crippen LogP) is 4.39. The minimum absolute atomic E-state index is 0.161. The van der Waals surface area contributed by atoms with Crippen LogP contribution in [0.15, 0.2) is 47.6 Å². The fraction of sp³-hybridized carbons (Fsp3) is 0.133. The number of nitro benzene ring substituents is 1. The summed E-state index contributed by atoms with van der Waals surface area (Å²) >= 11 is 0. The summed E-state index contributed by atoms with van der Waals surface area (Å²) in [6, 6.07) is 7.98. The molecular formula is C15H11F3N2O4. The van der Waals surface area contributed by atoms with Crippen LogP contribution in [0.4, 0.5) is 18.9 Å². The molecule has 0 unspecified atom stereocenters. The number of hydrogen-bond acceptors (Lipinski definition) is 5. The van der Waals surface area contributed by atoms with Gasteiger partial charge >= 0.3 is 11.9 Å². The molecule has 0 atom stereocenters. The van der Waals surface area contributed by atoms with Crippen molar-refractivity contribution in [3.8, 4) is 11.5 Å². The molecule has 9 heteroatoms. The molecule has 0 spiro atoms. The van der Waals surface area contributed by atoms with Gasteiger partial charge in [0, 0.05) is 11.6 Å². The highest BCUT2D eigenvalue weighted by Gasteiger charge is 2.30. The lowest BCUT2D eigenvalue weighted by Crippen LogP contribution is -2.04. The Kier molecular flexibility index (Phi) is 5.02. The zero-order valence-corrected chi connectivity index (χ0v) is 12.3. The molecule has 126 valence electrons. The van der Waals surface area contributed by atoms with Crippen LogP contribution in [0.25, 0.3) is 0 Å². The van der Waals surface area contributed by atoms with Gasteiger partial charge in [-0.3, -0.25) is 10.1 Å². The van der Waals surface area contributed by atoms with Crippen LogP contribution in [0.3, 0.4) is 0 Å². The lowest BCUT2D eigenvalue weighted by Gasteiger charge is -2.10. The zero-order chi connectivity index (χ0) is 17.7. The monoisotopic (exact) mass is 340 g/mol. The van der Waals surface area contributed by atoms with Gasteiger partial charge in [0.2, 0.25) is 5.75 Å². The maximum atomic E-state index is 12.7. The third-order valence-electron chi connectivity index (χ3n) is 2.88. The van der Waals surface area contributed by atoms with Crippen LogP contribution in [-0.2, 0) is 11.0 Å². The molecule has 0 saturated carbocycles. The van der Waals surface area contributed by atoms with E-state index in [0.717, 1.165) is 18.2 Å². The van der Waals surface area contributed by atoms with Crippen LogP contribution < -0.4 is 4.74 Å². The molecule has 0 aliphatic rings. The predicted molar refractivity (Wildman–Crippen MR) is 79.2 cm³/mol. The number of halogens is 3. The van der Waals surface area contributed by atoms with E-state index < -0.39 is 22.4 Å². The Morgan fingerprint density at radius 1 is 1.21 bits per heavy atom. The van der Waals surface area contributed by atoms with E-state index in [9.17, 15) is 23.3 Å². The van der Waals surface area contributed by atoms with Crippen molar-refractivity contribution in [3.05, 3.63) is 63.7 Å². The summed E-state index contributed by atoms with van der Waals surface area (Å²) in [7, 11) is 1.32. The Balaban J connectivity index is 2.36. The van der Waals surface area contributed by atoms with Crippen molar-refractivity contribution in [1.29, 1.82) is 0 Å². The third kappa shape index (κ3) is 4.22. The van der Waals surface area contributed by atoms with Gasteiger partial charge in [-0.05, 0) is 30.3 Å². The number of alkyl halides is 3. The number of benzene rings is 2. The van der Waals surface area contributed by atoms with Crippen LogP contribution in [0.2, 0.25) is 0 Å². The minimum Gasteiger partial charge on any atom is -0.450 e. The van der Waals surface area contributed by atoms with E-state index in [1.165, 1.54) is 37.6 Å². The molecule has 6 nitrogen and oxygen atoms in total. The number of nitrogens with zero attached hydrogens (tertiary/aromatic N) is 2. The molecule has 0 aliphatic heterocycles. The van der Waals surface area contributed by atoms with Crippen molar-refractivity contribution >= 4 is 11.9 Å². The average molecular weight is 340 g/mol. The first-order chi connectivity index (χ1) is 11.3. The fourth-order valence-electron chi connectivity index (χ4n) is 1.82. The molecule has 24 heavy (non-hydrogen) atoms. The summed E-state index contributed by atoms with van der Waals surface area (Å²) in [5, 5.41) is 14.6. The molecule has 0 N–H and O–H groups in total.